The van der Waals surface area contributed by atoms with Crippen molar-refractivity contribution in [1.29, 1.82) is 0 Å². The van der Waals surface area contributed by atoms with Gasteiger partial charge in [0.25, 0.3) is 5.91 Å². The van der Waals surface area contributed by atoms with Crippen molar-refractivity contribution in [3.63, 3.8) is 0 Å². The third kappa shape index (κ3) is 3.78. The third-order valence-electron chi connectivity index (χ3n) is 7.51. The maximum absolute atomic E-state index is 14.0. The van der Waals surface area contributed by atoms with Gasteiger partial charge in [0, 0.05) is 6.04 Å². The van der Waals surface area contributed by atoms with Crippen molar-refractivity contribution in [2.45, 2.75) is 69.5 Å². The van der Waals surface area contributed by atoms with Gasteiger partial charge in [-0.05, 0) is 60.9 Å². The quantitative estimate of drug-likeness (QED) is 0.696. The van der Waals surface area contributed by atoms with E-state index in [1.807, 2.05) is 40.1 Å². The molecule has 0 radical (unpaired) electrons. The van der Waals surface area contributed by atoms with Crippen LogP contribution in [0.2, 0.25) is 0 Å². The number of methoxy groups -OCH3 is 1. The number of carbonyl (C=O) groups excluding carboxylic acids is 2. The molecule has 0 bridgehead atoms. The van der Waals surface area contributed by atoms with E-state index in [0.717, 1.165) is 56.3 Å². The predicted molar refractivity (Wildman–Crippen MR) is 123 cm³/mol. The van der Waals surface area contributed by atoms with Gasteiger partial charge >= 0.3 is 0 Å². The van der Waals surface area contributed by atoms with E-state index in [1.54, 1.807) is 7.11 Å². The van der Waals surface area contributed by atoms with Crippen LogP contribution in [0.3, 0.4) is 0 Å². The molecule has 0 spiro atoms. The average Bonchev–Trinajstić information content (AvgIpc) is 2.85. The Bertz CT molecular complexity index is 981. The molecule has 2 amide bonds. The second-order valence-electron chi connectivity index (χ2n) is 9.34. The zero-order chi connectivity index (χ0) is 22.1. The van der Waals surface area contributed by atoms with Crippen LogP contribution < -0.4 is 4.74 Å². The second kappa shape index (κ2) is 8.97. The Morgan fingerprint density at radius 2 is 1.62 bits per heavy atom. The lowest BCUT2D eigenvalue weighted by Gasteiger charge is -2.48. The van der Waals surface area contributed by atoms with Crippen LogP contribution in [-0.2, 0) is 16.0 Å². The Labute approximate surface area is 190 Å². The summed E-state index contributed by atoms with van der Waals surface area (Å²) in [4.78, 5) is 31.5. The summed E-state index contributed by atoms with van der Waals surface area (Å²) in [5.74, 6) is 0.893. The van der Waals surface area contributed by atoms with Crippen molar-refractivity contribution < 1.29 is 14.3 Å². The van der Waals surface area contributed by atoms with Crippen molar-refractivity contribution in [2.24, 2.45) is 0 Å². The van der Waals surface area contributed by atoms with Crippen LogP contribution in [0.1, 0.15) is 73.7 Å². The first kappa shape index (κ1) is 21.0. The first-order valence-corrected chi connectivity index (χ1v) is 12.0. The number of hydrogen-bond acceptors (Lipinski definition) is 3. The Balaban J connectivity index is 1.55. The number of piperazine rings is 1. The van der Waals surface area contributed by atoms with Gasteiger partial charge < -0.3 is 14.5 Å². The molecule has 2 aromatic rings. The molecule has 2 atom stereocenters. The minimum absolute atomic E-state index is 0.0583. The molecule has 0 aromatic heterocycles. The average molecular weight is 433 g/mol. The first-order chi connectivity index (χ1) is 15.7. The van der Waals surface area contributed by atoms with Gasteiger partial charge in [-0.1, -0.05) is 55.7 Å². The molecule has 5 heteroatoms. The zero-order valence-electron chi connectivity index (χ0n) is 18.8. The van der Waals surface area contributed by atoms with Crippen molar-refractivity contribution in [3.8, 4) is 5.75 Å². The summed E-state index contributed by atoms with van der Waals surface area (Å²) in [5.41, 5.74) is 3.37. The molecule has 5 rings (SSSR count). The molecule has 32 heavy (non-hydrogen) atoms. The number of amides is 2. The predicted octanol–water partition coefficient (Wildman–Crippen LogP) is 4.82. The van der Waals surface area contributed by atoms with Crippen molar-refractivity contribution in [3.05, 3.63) is 65.2 Å². The number of benzene rings is 2. The van der Waals surface area contributed by atoms with Gasteiger partial charge in [0.05, 0.1) is 13.2 Å². The monoisotopic (exact) mass is 432 g/mol. The topological polar surface area (TPSA) is 49.9 Å². The highest BCUT2D eigenvalue weighted by atomic mass is 16.5. The molecule has 168 valence electrons. The highest BCUT2D eigenvalue weighted by Crippen LogP contribution is 2.42. The largest absolute Gasteiger partial charge is 0.497 e. The molecule has 2 unspecified atom stereocenters. The summed E-state index contributed by atoms with van der Waals surface area (Å²) in [6.07, 6.45) is 8.45. The maximum Gasteiger partial charge on any atom is 0.250 e. The van der Waals surface area contributed by atoms with E-state index in [1.165, 1.54) is 17.5 Å². The normalized spacial score (nSPS) is 24.4. The molecule has 1 saturated carbocycles. The smallest absolute Gasteiger partial charge is 0.250 e. The van der Waals surface area contributed by atoms with Crippen LogP contribution >= 0.6 is 0 Å². The van der Waals surface area contributed by atoms with Gasteiger partial charge in [0.1, 0.15) is 18.3 Å². The number of carbonyl (C=O) groups is 2. The fourth-order valence-corrected chi connectivity index (χ4v) is 5.89. The van der Waals surface area contributed by atoms with Crippen LogP contribution in [0.15, 0.2) is 48.5 Å². The van der Waals surface area contributed by atoms with Gasteiger partial charge in [0.15, 0.2) is 0 Å². The molecule has 3 aliphatic rings. The van der Waals surface area contributed by atoms with Crippen LogP contribution in [0.5, 0.6) is 5.75 Å². The number of fused-ring (bicyclic) bond motifs is 1. The highest BCUT2D eigenvalue weighted by Gasteiger charge is 2.46. The van der Waals surface area contributed by atoms with E-state index in [0.29, 0.717) is 0 Å². The highest BCUT2D eigenvalue weighted by molar-refractivity contribution is 5.96. The molecule has 2 aromatic carbocycles. The fourth-order valence-electron chi connectivity index (χ4n) is 5.89. The Morgan fingerprint density at radius 3 is 2.38 bits per heavy atom. The van der Waals surface area contributed by atoms with E-state index in [9.17, 15) is 9.59 Å². The van der Waals surface area contributed by atoms with Crippen LogP contribution in [0.4, 0.5) is 0 Å². The van der Waals surface area contributed by atoms with Gasteiger partial charge in [-0.15, -0.1) is 0 Å². The Morgan fingerprint density at radius 1 is 0.875 bits per heavy atom. The van der Waals surface area contributed by atoms with Crippen LogP contribution in [0.25, 0.3) is 0 Å². The van der Waals surface area contributed by atoms with E-state index in [4.69, 9.17) is 4.74 Å². The number of ether oxygens (including phenoxy) is 1. The lowest BCUT2D eigenvalue weighted by molar-refractivity contribution is -0.162. The van der Waals surface area contributed by atoms with E-state index >= 15 is 0 Å². The molecular weight excluding hydrogens is 400 g/mol. The molecule has 1 aliphatic heterocycles. The molecule has 5 nitrogen and oxygen atoms in total. The molecule has 1 heterocycles. The lowest BCUT2D eigenvalue weighted by Crippen LogP contribution is -2.59. The SMILES string of the molecule is COc1ccc(C2C(=O)N(C3CCCCC3)CC(=O)N2C2CCCc3ccccc32)cc1. The minimum atomic E-state index is -0.583. The van der Waals surface area contributed by atoms with Gasteiger partial charge in [-0.3, -0.25) is 9.59 Å². The Kier molecular flexibility index (Phi) is 5.90. The number of rotatable bonds is 4. The first-order valence-electron chi connectivity index (χ1n) is 12.0. The molecular formula is C27H32N2O3. The zero-order valence-corrected chi connectivity index (χ0v) is 18.8. The summed E-state index contributed by atoms with van der Waals surface area (Å²) >= 11 is 0. The van der Waals surface area contributed by atoms with Gasteiger partial charge in [-0.25, -0.2) is 0 Å². The van der Waals surface area contributed by atoms with Crippen LogP contribution in [-0.4, -0.2) is 41.3 Å². The molecule has 2 aliphatic carbocycles. The maximum atomic E-state index is 14.0. The standard InChI is InChI=1S/C27H32N2O3/c1-32-22-16-14-20(15-17-22)26-27(31)28(21-10-3-2-4-11-21)18-25(30)29(26)24-13-7-9-19-8-5-6-12-23(19)24/h5-6,8,12,14-17,21,24,26H,2-4,7,9-11,13,18H2,1H3. The fraction of sp³-hybridized carbons (Fsp3) is 0.481. The third-order valence-corrected chi connectivity index (χ3v) is 7.51. The van der Waals surface area contributed by atoms with Gasteiger partial charge in [-0.2, -0.15) is 0 Å². The summed E-state index contributed by atoms with van der Waals surface area (Å²) in [5, 5.41) is 0. The Hall–Kier alpha value is -2.82. The van der Waals surface area contributed by atoms with Gasteiger partial charge in [0.2, 0.25) is 5.91 Å². The molecule has 0 N–H and O–H groups in total. The second-order valence-corrected chi connectivity index (χ2v) is 9.34. The minimum Gasteiger partial charge on any atom is -0.497 e. The number of nitrogens with zero attached hydrogens (tertiary/aromatic N) is 2. The van der Waals surface area contributed by atoms with E-state index in [-0.39, 0.29) is 30.4 Å². The van der Waals surface area contributed by atoms with Crippen molar-refractivity contribution in [1.82, 2.24) is 9.80 Å². The number of aryl methyl sites for hydroxylation is 1. The van der Waals surface area contributed by atoms with E-state index < -0.39 is 6.04 Å². The summed E-state index contributed by atoms with van der Waals surface area (Å²) in [7, 11) is 1.64. The van der Waals surface area contributed by atoms with Crippen molar-refractivity contribution >= 4 is 11.8 Å². The van der Waals surface area contributed by atoms with Crippen LogP contribution in [0, 0.1) is 0 Å². The van der Waals surface area contributed by atoms with Crippen molar-refractivity contribution in [2.75, 3.05) is 13.7 Å². The lowest BCUT2D eigenvalue weighted by atomic mass is 9.84. The molecule has 1 saturated heterocycles. The summed E-state index contributed by atoms with van der Waals surface area (Å²) in [6, 6.07) is 15.6. The van der Waals surface area contributed by atoms with E-state index in [2.05, 4.69) is 18.2 Å². The molecule has 2 fully saturated rings. The summed E-state index contributed by atoms with van der Waals surface area (Å²) < 4.78 is 5.33. The summed E-state index contributed by atoms with van der Waals surface area (Å²) in [6.45, 7) is 0.203. The number of hydrogen-bond donors (Lipinski definition) is 0.